The standard InChI is InChI=1S/C22H25NO5/c1-15-9-10-20(27-3)18(11-15)13-22(26)28-14-21(25)23-19(16(2)24)12-17-7-5-4-6-8-17/h4-11,19H,12-14H2,1-3H3,(H,23,25)/t19-/m0/s1. The van der Waals surface area contributed by atoms with Crippen LogP contribution in [0.15, 0.2) is 48.5 Å². The predicted octanol–water partition coefficient (Wildman–Crippen LogP) is 2.41. The van der Waals surface area contributed by atoms with E-state index >= 15 is 0 Å². The summed E-state index contributed by atoms with van der Waals surface area (Å²) < 4.78 is 10.3. The largest absolute Gasteiger partial charge is 0.496 e. The van der Waals surface area contributed by atoms with E-state index in [9.17, 15) is 14.4 Å². The van der Waals surface area contributed by atoms with Crippen LogP contribution in [0, 0.1) is 6.92 Å². The lowest BCUT2D eigenvalue weighted by Gasteiger charge is -2.16. The summed E-state index contributed by atoms with van der Waals surface area (Å²) in [4.78, 5) is 36.0. The number of methoxy groups -OCH3 is 1. The number of aryl methyl sites for hydroxylation is 1. The number of carbonyl (C=O) groups is 3. The molecule has 0 saturated heterocycles. The van der Waals surface area contributed by atoms with Crippen LogP contribution in [-0.4, -0.2) is 37.4 Å². The number of amides is 1. The Kier molecular flexibility index (Phi) is 7.75. The van der Waals surface area contributed by atoms with Crippen molar-refractivity contribution < 1.29 is 23.9 Å². The number of Topliss-reactive ketones (excluding diaryl/α,β-unsaturated/α-hetero) is 1. The van der Waals surface area contributed by atoms with Crippen LogP contribution >= 0.6 is 0 Å². The summed E-state index contributed by atoms with van der Waals surface area (Å²) in [6, 6.07) is 14.2. The molecule has 2 rings (SSSR count). The Morgan fingerprint density at radius 1 is 1.07 bits per heavy atom. The molecule has 0 aliphatic heterocycles. The molecule has 0 radical (unpaired) electrons. The van der Waals surface area contributed by atoms with Crippen LogP contribution in [0.1, 0.15) is 23.6 Å². The maximum absolute atomic E-state index is 12.1. The minimum absolute atomic E-state index is 0.00170. The van der Waals surface area contributed by atoms with Crippen LogP contribution < -0.4 is 10.1 Å². The molecule has 0 saturated carbocycles. The van der Waals surface area contributed by atoms with Crippen LogP contribution in [0.4, 0.5) is 0 Å². The summed E-state index contributed by atoms with van der Waals surface area (Å²) in [5.74, 6) is -0.623. The fourth-order valence-corrected chi connectivity index (χ4v) is 2.78. The average Bonchev–Trinajstić information content (AvgIpc) is 2.67. The first-order valence-electron chi connectivity index (χ1n) is 9.02. The Morgan fingerprint density at radius 3 is 2.43 bits per heavy atom. The highest BCUT2D eigenvalue weighted by Gasteiger charge is 2.19. The van der Waals surface area contributed by atoms with Gasteiger partial charge in [0.2, 0.25) is 0 Å². The molecule has 28 heavy (non-hydrogen) atoms. The molecular weight excluding hydrogens is 358 g/mol. The number of hydrogen-bond acceptors (Lipinski definition) is 5. The maximum Gasteiger partial charge on any atom is 0.310 e. The SMILES string of the molecule is COc1ccc(C)cc1CC(=O)OCC(=O)N[C@@H](Cc1ccccc1)C(C)=O. The van der Waals surface area contributed by atoms with E-state index in [1.54, 1.807) is 6.07 Å². The minimum atomic E-state index is -0.662. The van der Waals surface area contributed by atoms with Gasteiger partial charge in [-0.3, -0.25) is 14.4 Å². The quantitative estimate of drug-likeness (QED) is 0.673. The summed E-state index contributed by atoms with van der Waals surface area (Å²) in [7, 11) is 1.53. The van der Waals surface area contributed by atoms with Gasteiger partial charge >= 0.3 is 5.97 Å². The van der Waals surface area contributed by atoms with Gasteiger partial charge in [0.05, 0.1) is 19.6 Å². The van der Waals surface area contributed by atoms with Crippen LogP contribution in [0.2, 0.25) is 0 Å². The van der Waals surface area contributed by atoms with Gasteiger partial charge in [0, 0.05) is 5.56 Å². The molecule has 148 valence electrons. The topological polar surface area (TPSA) is 81.7 Å². The van der Waals surface area contributed by atoms with E-state index in [4.69, 9.17) is 9.47 Å². The molecule has 1 N–H and O–H groups in total. The van der Waals surface area contributed by atoms with E-state index < -0.39 is 24.5 Å². The van der Waals surface area contributed by atoms with E-state index in [1.165, 1.54) is 14.0 Å². The zero-order valence-electron chi connectivity index (χ0n) is 16.4. The smallest absolute Gasteiger partial charge is 0.310 e. The highest BCUT2D eigenvalue weighted by molar-refractivity contribution is 5.89. The van der Waals surface area contributed by atoms with Crippen molar-refractivity contribution in [3.05, 3.63) is 65.2 Å². The molecule has 0 aliphatic rings. The third-order valence-electron chi connectivity index (χ3n) is 4.24. The number of carbonyl (C=O) groups excluding carboxylic acids is 3. The second-order valence-corrected chi connectivity index (χ2v) is 6.57. The molecule has 2 aromatic carbocycles. The van der Waals surface area contributed by atoms with Crippen LogP contribution in [0.3, 0.4) is 0 Å². The Bertz CT molecular complexity index is 832. The minimum Gasteiger partial charge on any atom is -0.496 e. The Hall–Kier alpha value is -3.15. The van der Waals surface area contributed by atoms with E-state index in [-0.39, 0.29) is 12.2 Å². The van der Waals surface area contributed by atoms with Crippen LogP contribution in [-0.2, 0) is 32.0 Å². The number of hydrogen-bond donors (Lipinski definition) is 1. The summed E-state index contributed by atoms with van der Waals surface area (Å²) >= 11 is 0. The molecule has 0 aromatic heterocycles. The molecule has 0 bridgehead atoms. The lowest BCUT2D eigenvalue weighted by molar-refractivity contribution is -0.148. The molecule has 0 unspecified atom stereocenters. The van der Waals surface area contributed by atoms with Gasteiger partial charge in [-0.25, -0.2) is 0 Å². The van der Waals surface area contributed by atoms with Crippen molar-refractivity contribution in [3.63, 3.8) is 0 Å². The molecule has 2 aromatic rings. The monoisotopic (exact) mass is 383 g/mol. The second kappa shape index (κ2) is 10.3. The third-order valence-corrected chi connectivity index (χ3v) is 4.24. The normalized spacial score (nSPS) is 11.4. The van der Waals surface area contributed by atoms with E-state index in [2.05, 4.69) is 5.32 Å². The van der Waals surface area contributed by atoms with E-state index in [0.717, 1.165) is 11.1 Å². The summed E-state index contributed by atoms with van der Waals surface area (Å²) in [5.41, 5.74) is 2.62. The number of nitrogens with one attached hydrogen (secondary N) is 1. The number of rotatable bonds is 9. The molecule has 0 spiro atoms. The lowest BCUT2D eigenvalue weighted by atomic mass is 10.0. The lowest BCUT2D eigenvalue weighted by Crippen LogP contribution is -2.43. The van der Waals surface area contributed by atoms with Crippen LogP contribution in [0.5, 0.6) is 5.75 Å². The molecule has 0 heterocycles. The molecule has 0 fully saturated rings. The maximum atomic E-state index is 12.1. The molecule has 1 amide bonds. The first-order chi connectivity index (χ1) is 13.4. The van der Waals surface area contributed by atoms with Crippen LogP contribution in [0.25, 0.3) is 0 Å². The predicted molar refractivity (Wildman–Crippen MR) is 105 cm³/mol. The molecule has 0 aliphatic carbocycles. The highest BCUT2D eigenvalue weighted by Crippen LogP contribution is 2.20. The van der Waals surface area contributed by atoms with E-state index in [1.807, 2.05) is 49.4 Å². The van der Waals surface area contributed by atoms with Crippen molar-refractivity contribution >= 4 is 17.7 Å². The second-order valence-electron chi connectivity index (χ2n) is 6.57. The number of ether oxygens (including phenoxy) is 2. The van der Waals surface area contributed by atoms with Gasteiger partial charge < -0.3 is 14.8 Å². The van der Waals surface area contributed by atoms with Gasteiger partial charge in [-0.15, -0.1) is 0 Å². The number of esters is 1. The van der Waals surface area contributed by atoms with Crippen molar-refractivity contribution in [2.24, 2.45) is 0 Å². The van der Waals surface area contributed by atoms with Gasteiger partial charge in [0.25, 0.3) is 5.91 Å². The van der Waals surface area contributed by atoms with Gasteiger partial charge in [0.15, 0.2) is 12.4 Å². The van der Waals surface area contributed by atoms with Crippen molar-refractivity contribution in [2.45, 2.75) is 32.7 Å². The Labute approximate surface area is 164 Å². The van der Waals surface area contributed by atoms with Crippen molar-refractivity contribution in [1.29, 1.82) is 0 Å². The van der Waals surface area contributed by atoms with Gasteiger partial charge in [0.1, 0.15) is 5.75 Å². The van der Waals surface area contributed by atoms with Crippen molar-refractivity contribution in [3.8, 4) is 5.75 Å². The summed E-state index contributed by atoms with van der Waals surface area (Å²) in [5, 5.41) is 2.63. The molecule has 1 atom stereocenters. The number of ketones is 1. The first kappa shape index (κ1) is 21.2. The Balaban J connectivity index is 1.87. The van der Waals surface area contributed by atoms with Gasteiger partial charge in [-0.1, -0.05) is 48.0 Å². The number of benzene rings is 2. The first-order valence-corrected chi connectivity index (χ1v) is 9.02. The van der Waals surface area contributed by atoms with Gasteiger partial charge in [-0.2, -0.15) is 0 Å². The van der Waals surface area contributed by atoms with Crippen molar-refractivity contribution in [2.75, 3.05) is 13.7 Å². The fourth-order valence-electron chi connectivity index (χ4n) is 2.78. The zero-order valence-corrected chi connectivity index (χ0v) is 16.4. The van der Waals surface area contributed by atoms with Gasteiger partial charge in [-0.05, 0) is 31.9 Å². The third kappa shape index (κ3) is 6.54. The summed E-state index contributed by atoms with van der Waals surface area (Å²) in [6.45, 7) is 2.89. The molecule has 6 heteroatoms. The van der Waals surface area contributed by atoms with Crippen molar-refractivity contribution in [1.82, 2.24) is 5.32 Å². The summed E-state index contributed by atoms with van der Waals surface area (Å²) in [6.07, 6.45) is 0.384. The fraction of sp³-hybridized carbons (Fsp3) is 0.318. The Morgan fingerprint density at radius 2 is 1.79 bits per heavy atom. The average molecular weight is 383 g/mol. The molecular formula is C22H25NO5. The molecule has 6 nitrogen and oxygen atoms in total. The van der Waals surface area contributed by atoms with E-state index in [0.29, 0.717) is 17.7 Å². The zero-order chi connectivity index (χ0) is 20.5. The highest BCUT2D eigenvalue weighted by atomic mass is 16.5.